The maximum absolute atomic E-state index is 5.63. The van der Waals surface area contributed by atoms with Crippen LogP contribution in [0.4, 0.5) is 11.7 Å². The molecule has 0 fully saturated rings. The zero-order valence-corrected chi connectivity index (χ0v) is 10.4. The van der Waals surface area contributed by atoms with Gasteiger partial charge in [0.15, 0.2) is 5.58 Å². The van der Waals surface area contributed by atoms with Gasteiger partial charge in [-0.15, -0.1) is 0 Å². The third kappa shape index (κ3) is 2.07. The van der Waals surface area contributed by atoms with E-state index in [1.54, 1.807) is 0 Å². The number of hydrogen-bond acceptors (Lipinski definition) is 3. The molecule has 90 valence electrons. The summed E-state index contributed by atoms with van der Waals surface area (Å²) in [6.07, 6.45) is 0. The van der Waals surface area contributed by atoms with Crippen LogP contribution in [0.2, 0.25) is 0 Å². The second kappa shape index (κ2) is 4.18. The zero-order chi connectivity index (χ0) is 12.5. The van der Waals surface area contributed by atoms with Gasteiger partial charge in [0, 0.05) is 5.69 Å². The van der Waals surface area contributed by atoms with Gasteiger partial charge in [0.1, 0.15) is 5.52 Å². The predicted molar refractivity (Wildman–Crippen MR) is 73.2 cm³/mol. The molecule has 0 radical (unpaired) electrons. The highest BCUT2D eigenvalue weighted by molar-refractivity contribution is 5.75. The van der Waals surface area contributed by atoms with Crippen molar-refractivity contribution < 1.29 is 4.42 Å². The first-order chi connectivity index (χ1) is 8.70. The first kappa shape index (κ1) is 10.8. The van der Waals surface area contributed by atoms with E-state index in [2.05, 4.69) is 42.3 Å². The lowest BCUT2D eigenvalue weighted by molar-refractivity contribution is 0.623. The quantitative estimate of drug-likeness (QED) is 0.727. The van der Waals surface area contributed by atoms with Crippen molar-refractivity contribution >= 4 is 22.8 Å². The third-order valence-corrected chi connectivity index (χ3v) is 2.77. The Morgan fingerprint density at radius 1 is 1.00 bits per heavy atom. The number of aromatic nitrogens is 1. The van der Waals surface area contributed by atoms with Crippen molar-refractivity contribution in [2.24, 2.45) is 0 Å². The van der Waals surface area contributed by atoms with E-state index in [1.165, 1.54) is 11.1 Å². The van der Waals surface area contributed by atoms with E-state index in [0.29, 0.717) is 6.01 Å². The Balaban J connectivity index is 1.96. The van der Waals surface area contributed by atoms with Gasteiger partial charge in [-0.2, -0.15) is 4.98 Å². The monoisotopic (exact) mass is 238 g/mol. The van der Waals surface area contributed by atoms with E-state index in [9.17, 15) is 0 Å². The van der Waals surface area contributed by atoms with Crippen LogP contribution in [-0.2, 0) is 0 Å². The van der Waals surface area contributed by atoms with E-state index in [-0.39, 0.29) is 0 Å². The van der Waals surface area contributed by atoms with Crippen molar-refractivity contribution in [1.29, 1.82) is 0 Å². The van der Waals surface area contributed by atoms with Crippen molar-refractivity contribution in [2.75, 3.05) is 5.32 Å². The fraction of sp³-hybridized carbons (Fsp3) is 0.133. The normalized spacial score (nSPS) is 10.8. The summed E-state index contributed by atoms with van der Waals surface area (Å²) in [5, 5.41) is 3.20. The summed E-state index contributed by atoms with van der Waals surface area (Å²) in [4.78, 5) is 4.39. The molecule has 3 heteroatoms. The van der Waals surface area contributed by atoms with Crippen LogP contribution in [-0.4, -0.2) is 4.98 Å². The summed E-state index contributed by atoms with van der Waals surface area (Å²) in [7, 11) is 0. The SMILES string of the molecule is Cc1cc(C)cc(Nc2nc3ccccc3o2)c1. The highest BCUT2D eigenvalue weighted by Crippen LogP contribution is 2.23. The van der Waals surface area contributed by atoms with Crippen molar-refractivity contribution in [3.63, 3.8) is 0 Å². The van der Waals surface area contributed by atoms with E-state index in [4.69, 9.17) is 4.42 Å². The number of anilines is 2. The molecule has 18 heavy (non-hydrogen) atoms. The first-order valence-corrected chi connectivity index (χ1v) is 5.91. The van der Waals surface area contributed by atoms with E-state index < -0.39 is 0 Å². The van der Waals surface area contributed by atoms with E-state index in [0.717, 1.165) is 16.8 Å². The summed E-state index contributed by atoms with van der Waals surface area (Å²) in [5.74, 6) is 0. The highest BCUT2D eigenvalue weighted by Gasteiger charge is 2.05. The average molecular weight is 238 g/mol. The molecule has 0 aliphatic heterocycles. The molecular formula is C15H14N2O. The number of benzene rings is 2. The molecule has 1 N–H and O–H groups in total. The number of para-hydroxylation sites is 2. The topological polar surface area (TPSA) is 38.1 Å². The van der Waals surface area contributed by atoms with Crippen LogP contribution in [0.25, 0.3) is 11.1 Å². The van der Waals surface area contributed by atoms with Crippen LogP contribution < -0.4 is 5.32 Å². The van der Waals surface area contributed by atoms with Gasteiger partial charge in [0.25, 0.3) is 6.01 Å². The third-order valence-electron chi connectivity index (χ3n) is 2.77. The Morgan fingerprint density at radius 3 is 2.44 bits per heavy atom. The van der Waals surface area contributed by atoms with Gasteiger partial charge in [-0.1, -0.05) is 18.2 Å². The number of hydrogen-bond donors (Lipinski definition) is 1. The molecule has 0 atom stereocenters. The minimum Gasteiger partial charge on any atom is -0.423 e. The molecule has 3 aromatic rings. The summed E-state index contributed by atoms with van der Waals surface area (Å²) in [6, 6.07) is 14.5. The fourth-order valence-electron chi connectivity index (χ4n) is 2.10. The van der Waals surface area contributed by atoms with Crippen molar-refractivity contribution in [2.45, 2.75) is 13.8 Å². The van der Waals surface area contributed by atoms with Crippen LogP contribution in [0.1, 0.15) is 11.1 Å². The molecule has 0 aliphatic carbocycles. The summed E-state index contributed by atoms with van der Waals surface area (Å²) < 4.78 is 5.63. The lowest BCUT2D eigenvalue weighted by atomic mass is 10.1. The minimum absolute atomic E-state index is 0.529. The molecule has 1 aromatic heterocycles. The molecule has 0 spiro atoms. The first-order valence-electron chi connectivity index (χ1n) is 5.91. The van der Waals surface area contributed by atoms with Gasteiger partial charge in [0.2, 0.25) is 0 Å². The zero-order valence-electron chi connectivity index (χ0n) is 10.4. The predicted octanol–water partition coefficient (Wildman–Crippen LogP) is 4.19. The summed E-state index contributed by atoms with van der Waals surface area (Å²) in [6.45, 7) is 4.15. The number of nitrogens with zero attached hydrogens (tertiary/aromatic N) is 1. The van der Waals surface area contributed by atoms with Gasteiger partial charge < -0.3 is 9.73 Å². The molecule has 0 saturated carbocycles. The molecule has 0 aliphatic rings. The van der Waals surface area contributed by atoms with Crippen molar-refractivity contribution in [3.8, 4) is 0 Å². The van der Waals surface area contributed by atoms with Crippen LogP contribution in [0.15, 0.2) is 46.9 Å². The molecule has 0 bridgehead atoms. The number of nitrogens with one attached hydrogen (secondary N) is 1. The molecule has 0 saturated heterocycles. The minimum atomic E-state index is 0.529. The van der Waals surface area contributed by atoms with Crippen molar-refractivity contribution in [3.05, 3.63) is 53.6 Å². The molecule has 0 amide bonds. The lowest BCUT2D eigenvalue weighted by Gasteiger charge is -2.04. The average Bonchev–Trinajstić information content (AvgIpc) is 2.69. The maximum atomic E-state index is 5.63. The van der Waals surface area contributed by atoms with Gasteiger partial charge in [0.05, 0.1) is 0 Å². The molecular weight excluding hydrogens is 224 g/mol. The Morgan fingerprint density at radius 2 is 1.72 bits per heavy atom. The number of oxazole rings is 1. The van der Waals surface area contributed by atoms with Gasteiger partial charge in [-0.25, -0.2) is 0 Å². The summed E-state index contributed by atoms with van der Waals surface area (Å²) >= 11 is 0. The van der Waals surface area contributed by atoms with Crippen LogP contribution in [0, 0.1) is 13.8 Å². The molecule has 0 unspecified atom stereocenters. The van der Waals surface area contributed by atoms with Crippen LogP contribution in [0.3, 0.4) is 0 Å². The Bertz CT molecular complexity index is 647. The Hall–Kier alpha value is -2.29. The highest BCUT2D eigenvalue weighted by atomic mass is 16.4. The standard InChI is InChI=1S/C15H14N2O/c1-10-7-11(2)9-12(8-10)16-15-17-13-5-3-4-6-14(13)18-15/h3-9H,1-2H3,(H,16,17). The largest absolute Gasteiger partial charge is 0.423 e. The molecule has 3 rings (SSSR count). The Kier molecular flexibility index (Phi) is 2.52. The van der Waals surface area contributed by atoms with E-state index in [1.807, 2.05) is 24.3 Å². The maximum Gasteiger partial charge on any atom is 0.300 e. The fourth-order valence-corrected chi connectivity index (χ4v) is 2.10. The molecule has 2 aromatic carbocycles. The summed E-state index contributed by atoms with van der Waals surface area (Å²) in [5.41, 5.74) is 5.09. The lowest BCUT2D eigenvalue weighted by Crippen LogP contribution is -1.91. The Labute approximate surface area is 105 Å². The van der Waals surface area contributed by atoms with Crippen LogP contribution >= 0.6 is 0 Å². The number of fused-ring (bicyclic) bond motifs is 1. The van der Waals surface area contributed by atoms with Gasteiger partial charge >= 0.3 is 0 Å². The molecule has 3 nitrogen and oxygen atoms in total. The number of aryl methyl sites for hydroxylation is 2. The molecule has 1 heterocycles. The van der Waals surface area contributed by atoms with Crippen molar-refractivity contribution in [1.82, 2.24) is 4.98 Å². The second-order valence-electron chi connectivity index (χ2n) is 4.49. The van der Waals surface area contributed by atoms with E-state index >= 15 is 0 Å². The smallest absolute Gasteiger partial charge is 0.300 e. The van der Waals surface area contributed by atoms with Gasteiger partial charge in [-0.3, -0.25) is 0 Å². The second-order valence-corrected chi connectivity index (χ2v) is 4.49. The number of rotatable bonds is 2. The van der Waals surface area contributed by atoms with Gasteiger partial charge in [-0.05, 0) is 49.2 Å². The van der Waals surface area contributed by atoms with Crippen LogP contribution in [0.5, 0.6) is 0 Å².